The van der Waals surface area contributed by atoms with Gasteiger partial charge in [-0.05, 0) is 29.8 Å². The molecule has 1 fully saturated rings. The Labute approximate surface area is 165 Å². The molecule has 0 spiro atoms. The van der Waals surface area contributed by atoms with Crippen molar-refractivity contribution >= 4 is 20.0 Å². The molecule has 1 heterocycles. The first kappa shape index (κ1) is 20.9. The SMILES string of the molecule is NS(=O)(=O)c1ccc(S(=O)(=O)NCC(c2ccccc2)N2CCOCC2)cc1. The smallest absolute Gasteiger partial charge is 0.240 e. The van der Waals surface area contributed by atoms with Crippen molar-refractivity contribution in [3.8, 4) is 0 Å². The number of ether oxygens (including phenoxy) is 1. The van der Waals surface area contributed by atoms with Crippen molar-refractivity contribution in [2.45, 2.75) is 15.8 Å². The molecule has 1 atom stereocenters. The van der Waals surface area contributed by atoms with Crippen molar-refractivity contribution in [3.63, 3.8) is 0 Å². The normalized spacial score (nSPS) is 17.3. The van der Waals surface area contributed by atoms with E-state index in [0.717, 1.165) is 5.56 Å². The lowest BCUT2D eigenvalue weighted by atomic mass is 10.1. The monoisotopic (exact) mass is 425 g/mol. The van der Waals surface area contributed by atoms with E-state index in [1.807, 2.05) is 30.3 Å². The van der Waals surface area contributed by atoms with Crippen molar-refractivity contribution in [3.05, 3.63) is 60.2 Å². The van der Waals surface area contributed by atoms with E-state index in [4.69, 9.17) is 9.88 Å². The minimum absolute atomic E-state index is 0.0197. The Bertz CT molecular complexity index is 987. The first-order chi connectivity index (χ1) is 13.3. The van der Waals surface area contributed by atoms with Crippen LogP contribution < -0.4 is 9.86 Å². The maximum atomic E-state index is 12.7. The van der Waals surface area contributed by atoms with Crippen molar-refractivity contribution in [1.29, 1.82) is 0 Å². The van der Waals surface area contributed by atoms with E-state index >= 15 is 0 Å². The van der Waals surface area contributed by atoms with Crippen LogP contribution in [0.2, 0.25) is 0 Å². The number of nitrogens with one attached hydrogen (secondary N) is 1. The second kappa shape index (κ2) is 8.68. The van der Waals surface area contributed by atoms with Crippen molar-refractivity contribution in [2.75, 3.05) is 32.8 Å². The van der Waals surface area contributed by atoms with Gasteiger partial charge in [0, 0.05) is 25.7 Å². The summed E-state index contributed by atoms with van der Waals surface area (Å²) in [6, 6.07) is 14.4. The van der Waals surface area contributed by atoms with E-state index in [9.17, 15) is 16.8 Å². The number of benzene rings is 2. The molecule has 1 aliphatic heterocycles. The highest BCUT2D eigenvalue weighted by molar-refractivity contribution is 7.89. The molecule has 2 aromatic rings. The van der Waals surface area contributed by atoms with Gasteiger partial charge in [-0.3, -0.25) is 4.90 Å². The minimum Gasteiger partial charge on any atom is -0.379 e. The van der Waals surface area contributed by atoms with Gasteiger partial charge in [0.05, 0.1) is 23.0 Å². The number of morpholine rings is 1. The van der Waals surface area contributed by atoms with Gasteiger partial charge < -0.3 is 4.74 Å². The third-order valence-electron chi connectivity index (χ3n) is 4.60. The third kappa shape index (κ3) is 5.16. The Hall–Kier alpha value is -1.82. The lowest BCUT2D eigenvalue weighted by Gasteiger charge is -2.34. The highest BCUT2D eigenvalue weighted by Gasteiger charge is 2.25. The van der Waals surface area contributed by atoms with E-state index in [-0.39, 0.29) is 22.4 Å². The Morgan fingerprint density at radius 2 is 1.50 bits per heavy atom. The zero-order chi connectivity index (χ0) is 20.2. The summed E-state index contributed by atoms with van der Waals surface area (Å²) in [5, 5.41) is 5.05. The molecule has 1 saturated heterocycles. The summed E-state index contributed by atoms with van der Waals surface area (Å²) < 4.78 is 56.1. The zero-order valence-corrected chi connectivity index (χ0v) is 16.8. The van der Waals surface area contributed by atoms with Gasteiger partial charge in [0.15, 0.2) is 0 Å². The summed E-state index contributed by atoms with van der Waals surface area (Å²) in [4.78, 5) is 2.03. The predicted molar refractivity (Wildman–Crippen MR) is 105 cm³/mol. The first-order valence-electron chi connectivity index (χ1n) is 8.77. The van der Waals surface area contributed by atoms with Crippen LogP contribution in [0.25, 0.3) is 0 Å². The second-order valence-electron chi connectivity index (χ2n) is 6.44. The number of nitrogens with zero attached hydrogens (tertiary/aromatic N) is 1. The quantitative estimate of drug-likeness (QED) is 0.674. The molecule has 1 unspecified atom stereocenters. The van der Waals surface area contributed by atoms with Crippen LogP contribution in [0.4, 0.5) is 0 Å². The molecule has 1 aliphatic rings. The van der Waals surface area contributed by atoms with Gasteiger partial charge in [0.2, 0.25) is 20.0 Å². The van der Waals surface area contributed by atoms with Crippen LogP contribution >= 0.6 is 0 Å². The maximum Gasteiger partial charge on any atom is 0.240 e. The van der Waals surface area contributed by atoms with E-state index in [2.05, 4.69) is 9.62 Å². The second-order valence-corrected chi connectivity index (χ2v) is 9.77. The van der Waals surface area contributed by atoms with Crippen LogP contribution in [-0.4, -0.2) is 54.6 Å². The van der Waals surface area contributed by atoms with E-state index in [0.29, 0.717) is 26.3 Å². The average Bonchev–Trinajstić information content (AvgIpc) is 2.69. The molecule has 152 valence electrons. The van der Waals surface area contributed by atoms with Gasteiger partial charge in [-0.1, -0.05) is 30.3 Å². The Morgan fingerprint density at radius 3 is 2.07 bits per heavy atom. The summed E-state index contributed by atoms with van der Waals surface area (Å²) in [7, 11) is -7.68. The first-order valence-corrected chi connectivity index (χ1v) is 11.8. The van der Waals surface area contributed by atoms with Crippen molar-refractivity contribution in [2.24, 2.45) is 5.14 Å². The van der Waals surface area contributed by atoms with Gasteiger partial charge in [-0.2, -0.15) is 0 Å². The number of hydrogen-bond acceptors (Lipinski definition) is 6. The van der Waals surface area contributed by atoms with Crippen LogP contribution in [-0.2, 0) is 24.8 Å². The van der Waals surface area contributed by atoms with Crippen LogP contribution in [0.15, 0.2) is 64.4 Å². The molecule has 28 heavy (non-hydrogen) atoms. The topological polar surface area (TPSA) is 119 Å². The van der Waals surface area contributed by atoms with Gasteiger partial charge in [-0.25, -0.2) is 26.7 Å². The van der Waals surface area contributed by atoms with Gasteiger partial charge in [0.25, 0.3) is 0 Å². The molecule has 2 aromatic carbocycles. The molecule has 3 N–H and O–H groups in total. The Balaban J connectivity index is 1.78. The van der Waals surface area contributed by atoms with Crippen LogP contribution in [0.3, 0.4) is 0 Å². The molecule has 0 aromatic heterocycles. The molecule has 8 nitrogen and oxygen atoms in total. The summed E-state index contributed by atoms with van der Waals surface area (Å²) in [6.45, 7) is 2.81. The maximum absolute atomic E-state index is 12.7. The van der Waals surface area contributed by atoms with Gasteiger partial charge in [-0.15, -0.1) is 0 Å². The van der Waals surface area contributed by atoms with Gasteiger partial charge >= 0.3 is 0 Å². The van der Waals surface area contributed by atoms with Crippen LogP contribution in [0.1, 0.15) is 11.6 Å². The Kier molecular flexibility index (Phi) is 6.48. The fourth-order valence-electron chi connectivity index (χ4n) is 3.10. The zero-order valence-electron chi connectivity index (χ0n) is 15.2. The molecule has 0 aliphatic carbocycles. The predicted octanol–water partition coefficient (Wildman–Crippen LogP) is 0.686. The van der Waals surface area contributed by atoms with Crippen LogP contribution in [0, 0.1) is 0 Å². The van der Waals surface area contributed by atoms with Crippen molar-refractivity contribution < 1.29 is 21.6 Å². The van der Waals surface area contributed by atoms with Crippen LogP contribution in [0.5, 0.6) is 0 Å². The number of sulfonamides is 2. The van der Waals surface area contributed by atoms with Crippen molar-refractivity contribution in [1.82, 2.24) is 9.62 Å². The largest absolute Gasteiger partial charge is 0.379 e. The van der Waals surface area contributed by atoms with E-state index in [1.165, 1.54) is 24.3 Å². The molecule has 0 bridgehead atoms. The lowest BCUT2D eigenvalue weighted by molar-refractivity contribution is 0.0172. The highest BCUT2D eigenvalue weighted by atomic mass is 32.2. The summed E-state index contributed by atoms with van der Waals surface area (Å²) in [6.07, 6.45) is 0. The number of nitrogens with two attached hydrogens (primary N) is 1. The molecular weight excluding hydrogens is 402 g/mol. The standard InChI is InChI=1S/C18H23N3O5S2/c19-27(22,23)16-6-8-17(9-7-16)28(24,25)20-14-18(15-4-2-1-3-5-15)21-10-12-26-13-11-21/h1-9,18,20H,10-14H2,(H2,19,22,23). The third-order valence-corrected chi connectivity index (χ3v) is 6.97. The fraction of sp³-hybridized carbons (Fsp3) is 0.333. The Morgan fingerprint density at radius 1 is 0.929 bits per heavy atom. The summed E-state index contributed by atoms with van der Waals surface area (Å²) in [5.74, 6) is 0. The molecule has 3 rings (SSSR count). The van der Waals surface area contributed by atoms with E-state index in [1.54, 1.807) is 0 Å². The number of primary sulfonamides is 1. The molecule has 10 heteroatoms. The number of hydrogen-bond donors (Lipinski definition) is 2. The summed E-state index contributed by atoms with van der Waals surface area (Å²) >= 11 is 0. The van der Waals surface area contributed by atoms with Gasteiger partial charge in [0.1, 0.15) is 0 Å². The minimum atomic E-state index is -3.88. The molecule has 0 saturated carbocycles. The lowest BCUT2D eigenvalue weighted by Crippen LogP contribution is -2.43. The molecule has 0 radical (unpaired) electrons. The van der Waals surface area contributed by atoms with E-state index < -0.39 is 20.0 Å². The molecule has 0 amide bonds. The highest BCUT2D eigenvalue weighted by Crippen LogP contribution is 2.22. The fourth-order valence-corrected chi connectivity index (χ4v) is 4.66. The number of rotatable bonds is 7. The summed E-state index contributed by atoms with van der Waals surface area (Å²) in [5.41, 5.74) is 1.01. The average molecular weight is 426 g/mol. The molecular formula is C18H23N3O5S2.